The number of nitriles is 1. The van der Waals surface area contributed by atoms with E-state index in [0.29, 0.717) is 12.3 Å². The zero-order chi connectivity index (χ0) is 10.4. The lowest BCUT2D eigenvalue weighted by Crippen LogP contribution is -2.19. The Bertz CT molecular complexity index is 313. The first-order valence-corrected chi connectivity index (χ1v) is 5.67. The van der Waals surface area contributed by atoms with Crippen LogP contribution in [-0.2, 0) is 6.42 Å². The van der Waals surface area contributed by atoms with E-state index in [2.05, 4.69) is 35.6 Å². The maximum Gasteiger partial charge on any atom is 0.107 e. The van der Waals surface area contributed by atoms with Crippen LogP contribution < -0.4 is 5.32 Å². The minimum absolute atomic E-state index is 0.429. The molecular formula is C10H15N3S. The molecule has 0 aliphatic carbocycles. The maximum atomic E-state index is 8.51. The molecule has 1 aromatic rings. The van der Waals surface area contributed by atoms with Crippen molar-refractivity contribution in [1.82, 2.24) is 10.3 Å². The van der Waals surface area contributed by atoms with Gasteiger partial charge in [0.2, 0.25) is 0 Å². The smallest absolute Gasteiger partial charge is 0.107 e. The third-order valence-electron chi connectivity index (χ3n) is 2.01. The second-order valence-electron chi connectivity index (χ2n) is 3.21. The quantitative estimate of drug-likeness (QED) is 0.806. The molecular weight excluding hydrogens is 194 g/mol. The zero-order valence-electron chi connectivity index (χ0n) is 8.58. The lowest BCUT2D eigenvalue weighted by atomic mass is 10.1. The number of rotatable bonds is 5. The molecule has 76 valence electrons. The van der Waals surface area contributed by atoms with Gasteiger partial charge in [-0.1, -0.05) is 13.8 Å². The first-order valence-electron chi connectivity index (χ1n) is 4.79. The summed E-state index contributed by atoms with van der Waals surface area (Å²) in [4.78, 5) is 4.41. The van der Waals surface area contributed by atoms with Gasteiger partial charge in [0.05, 0.1) is 18.2 Å². The van der Waals surface area contributed by atoms with Gasteiger partial charge in [-0.25, -0.2) is 4.98 Å². The van der Waals surface area contributed by atoms with Gasteiger partial charge in [0.1, 0.15) is 5.01 Å². The van der Waals surface area contributed by atoms with E-state index in [0.717, 1.165) is 23.8 Å². The standard InChI is InChI=1S/C10H15N3S/c1-3-12-6-8(2)9-7-14-10(13-9)4-5-11/h7-8,12H,3-4,6H2,1-2H3. The Balaban J connectivity index is 2.53. The van der Waals surface area contributed by atoms with Crippen LogP contribution in [-0.4, -0.2) is 18.1 Å². The van der Waals surface area contributed by atoms with Crippen LogP contribution in [0.3, 0.4) is 0 Å². The lowest BCUT2D eigenvalue weighted by molar-refractivity contribution is 0.624. The molecule has 0 saturated heterocycles. The minimum atomic E-state index is 0.429. The molecule has 0 aromatic carbocycles. The average Bonchev–Trinajstić information content (AvgIpc) is 2.63. The molecule has 14 heavy (non-hydrogen) atoms. The number of nitrogens with zero attached hydrogens (tertiary/aromatic N) is 2. The van der Waals surface area contributed by atoms with Crippen LogP contribution in [0, 0.1) is 11.3 Å². The van der Waals surface area contributed by atoms with Crippen molar-refractivity contribution in [2.45, 2.75) is 26.2 Å². The Hall–Kier alpha value is -0.920. The Morgan fingerprint density at radius 2 is 2.50 bits per heavy atom. The highest BCUT2D eigenvalue weighted by molar-refractivity contribution is 7.09. The topological polar surface area (TPSA) is 48.7 Å². The molecule has 0 amide bonds. The van der Waals surface area contributed by atoms with Crippen molar-refractivity contribution in [3.8, 4) is 6.07 Å². The molecule has 1 atom stereocenters. The van der Waals surface area contributed by atoms with E-state index in [-0.39, 0.29) is 0 Å². The molecule has 0 bridgehead atoms. The van der Waals surface area contributed by atoms with Gasteiger partial charge >= 0.3 is 0 Å². The lowest BCUT2D eigenvalue weighted by Gasteiger charge is -2.07. The van der Waals surface area contributed by atoms with Crippen LogP contribution in [0.1, 0.15) is 30.5 Å². The SMILES string of the molecule is CCNCC(C)c1csc(CC#N)n1. The Morgan fingerprint density at radius 3 is 3.14 bits per heavy atom. The third kappa shape index (κ3) is 3.09. The number of likely N-dealkylation sites (N-methyl/N-ethyl adjacent to an activating group) is 1. The molecule has 0 spiro atoms. The van der Waals surface area contributed by atoms with E-state index in [1.807, 2.05) is 0 Å². The highest BCUT2D eigenvalue weighted by atomic mass is 32.1. The highest BCUT2D eigenvalue weighted by Crippen LogP contribution is 2.17. The first-order chi connectivity index (χ1) is 6.77. The Labute approximate surface area is 88.8 Å². The van der Waals surface area contributed by atoms with E-state index in [9.17, 15) is 0 Å². The fourth-order valence-electron chi connectivity index (χ4n) is 1.17. The second kappa shape index (κ2) is 5.74. The van der Waals surface area contributed by atoms with Gasteiger partial charge in [-0.15, -0.1) is 11.3 Å². The van der Waals surface area contributed by atoms with Gasteiger partial charge in [-0.2, -0.15) is 5.26 Å². The van der Waals surface area contributed by atoms with Crippen molar-refractivity contribution in [3.05, 3.63) is 16.1 Å². The molecule has 0 fully saturated rings. The summed E-state index contributed by atoms with van der Waals surface area (Å²) in [6.45, 7) is 6.18. The van der Waals surface area contributed by atoms with E-state index < -0.39 is 0 Å². The van der Waals surface area contributed by atoms with Gasteiger partial charge in [-0.05, 0) is 6.54 Å². The molecule has 0 saturated carbocycles. The predicted molar refractivity (Wildman–Crippen MR) is 58.4 cm³/mol. The summed E-state index contributed by atoms with van der Waals surface area (Å²) in [5, 5.41) is 14.8. The highest BCUT2D eigenvalue weighted by Gasteiger charge is 2.08. The molecule has 3 nitrogen and oxygen atoms in total. The average molecular weight is 209 g/mol. The van der Waals surface area contributed by atoms with Crippen molar-refractivity contribution < 1.29 is 0 Å². The van der Waals surface area contributed by atoms with Gasteiger partial charge in [0.15, 0.2) is 0 Å². The number of nitrogens with one attached hydrogen (secondary N) is 1. The number of aromatic nitrogens is 1. The summed E-state index contributed by atoms with van der Waals surface area (Å²) in [6.07, 6.45) is 0.429. The van der Waals surface area contributed by atoms with Crippen molar-refractivity contribution in [2.75, 3.05) is 13.1 Å². The van der Waals surface area contributed by atoms with Crippen LogP contribution in [0.2, 0.25) is 0 Å². The van der Waals surface area contributed by atoms with E-state index in [4.69, 9.17) is 5.26 Å². The van der Waals surface area contributed by atoms with Crippen LogP contribution in [0.5, 0.6) is 0 Å². The Kier molecular flexibility index (Phi) is 4.57. The zero-order valence-corrected chi connectivity index (χ0v) is 9.40. The molecule has 1 unspecified atom stereocenters. The largest absolute Gasteiger partial charge is 0.316 e. The molecule has 0 radical (unpaired) electrons. The normalized spacial score (nSPS) is 12.4. The minimum Gasteiger partial charge on any atom is -0.316 e. The van der Waals surface area contributed by atoms with Crippen molar-refractivity contribution in [1.29, 1.82) is 5.26 Å². The number of hydrogen-bond acceptors (Lipinski definition) is 4. The van der Waals surface area contributed by atoms with E-state index in [1.54, 1.807) is 11.3 Å². The van der Waals surface area contributed by atoms with Gasteiger partial charge < -0.3 is 5.32 Å². The van der Waals surface area contributed by atoms with Crippen LogP contribution >= 0.6 is 11.3 Å². The van der Waals surface area contributed by atoms with E-state index in [1.165, 1.54) is 0 Å². The van der Waals surface area contributed by atoms with Crippen molar-refractivity contribution >= 4 is 11.3 Å². The summed E-state index contributed by atoms with van der Waals surface area (Å²) in [5.74, 6) is 0.429. The summed E-state index contributed by atoms with van der Waals surface area (Å²) in [5.41, 5.74) is 1.10. The fourth-order valence-corrected chi connectivity index (χ4v) is 2.01. The van der Waals surface area contributed by atoms with Gasteiger partial charge in [0, 0.05) is 17.8 Å². The fraction of sp³-hybridized carbons (Fsp3) is 0.600. The monoisotopic (exact) mass is 209 g/mol. The van der Waals surface area contributed by atoms with Crippen molar-refractivity contribution in [3.63, 3.8) is 0 Å². The molecule has 4 heteroatoms. The molecule has 0 aliphatic rings. The molecule has 0 aliphatic heterocycles. The second-order valence-corrected chi connectivity index (χ2v) is 4.15. The molecule has 1 N–H and O–H groups in total. The van der Waals surface area contributed by atoms with Crippen molar-refractivity contribution in [2.24, 2.45) is 0 Å². The molecule has 1 heterocycles. The predicted octanol–water partition coefficient (Wildman–Crippen LogP) is 1.92. The summed E-state index contributed by atoms with van der Waals surface area (Å²) in [6, 6.07) is 2.11. The summed E-state index contributed by atoms with van der Waals surface area (Å²) < 4.78 is 0. The number of hydrogen-bond donors (Lipinski definition) is 1. The Morgan fingerprint density at radius 1 is 1.71 bits per heavy atom. The summed E-state index contributed by atoms with van der Waals surface area (Å²) >= 11 is 1.57. The molecule has 1 rings (SSSR count). The summed E-state index contributed by atoms with van der Waals surface area (Å²) in [7, 11) is 0. The van der Waals surface area contributed by atoms with E-state index >= 15 is 0 Å². The van der Waals surface area contributed by atoms with Gasteiger partial charge in [-0.3, -0.25) is 0 Å². The first kappa shape index (κ1) is 11.2. The molecule has 1 aromatic heterocycles. The van der Waals surface area contributed by atoms with Gasteiger partial charge in [0.25, 0.3) is 0 Å². The van der Waals surface area contributed by atoms with Crippen LogP contribution in [0.15, 0.2) is 5.38 Å². The third-order valence-corrected chi connectivity index (χ3v) is 2.87. The maximum absolute atomic E-state index is 8.51. The number of thiazole rings is 1. The van der Waals surface area contributed by atoms with Crippen LogP contribution in [0.25, 0.3) is 0 Å². The van der Waals surface area contributed by atoms with Crippen LogP contribution in [0.4, 0.5) is 0 Å².